The van der Waals surface area contributed by atoms with Crippen LogP contribution in [0.3, 0.4) is 0 Å². The molecule has 6 aromatic rings. The van der Waals surface area contributed by atoms with Crippen LogP contribution in [0, 0.1) is 6.20 Å². The fraction of sp³-hybridized carbons (Fsp3) is 0. The molecule has 3 aromatic carbocycles. The average Bonchev–Trinajstić information content (AvgIpc) is 3.44. The molecule has 3 aromatic heterocycles. The average molecular weight is 420 g/mol. The number of nitrogens with zero attached hydrogens (tertiary/aromatic N) is 2. The molecular formula is C26H16N2O4. The second-order valence-corrected chi connectivity index (χ2v) is 7.33. The van der Waals surface area contributed by atoms with Gasteiger partial charge in [-0.2, -0.15) is 0 Å². The third-order valence-electron chi connectivity index (χ3n) is 5.36. The van der Waals surface area contributed by atoms with Gasteiger partial charge >= 0.3 is 0 Å². The van der Waals surface area contributed by atoms with Gasteiger partial charge in [-0.3, -0.25) is 4.98 Å². The lowest BCUT2D eigenvalue weighted by Crippen LogP contribution is -2.21. The maximum atomic E-state index is 10.3. The second kappa shape index (κ2) is 6.99. The zero-order valence-corrected chi connectivity index (χ0v) is 16.7. The Balaban J connectivity index is 1.52. The number of pyridine rings is 1. The summed E-state index contributed by atoms with van der Waals surface area (Å²) in [5.41, 5.74) is 4.53. The van der Waals surface area contributed by atoms with Crippen molar-refractivity contribution < 1.29 is 23.4 Å². The molecule has 3 heterocycles. The molecule has 0 spiro atoms. The largest absolute Gasteiger partial charge is 0.508 e. The van der Waals surface area contributed by atoms with E-state index in [0.29, 0.717) is 33.7 Å². The van der Waals surface area contributed by atoms with Gasteiger partial charge < -0.3 is 19.0 Å². The topological polar surface area (TPSA) is 83.7 Å². The Bertz CT molecular complexity index is 1490. The summed E-state index contributed by atoms with van der Waals surface area (Å²) >= 11 is 0. The van der Waals surface area contributed by atoms with E-state index in [0.717, 1.165) is 11.3 Å². The Morgan fingerprint density at radius 2 is 1.38 bits per heavy atom. The Labute approximate surface area is 182 Å². The number of phenolic OH excluding ortho intramolecular Hbond substituents is 2. The van der Waals surface area contributed by atoms with Crippen LogP contribution in [-0.2, 0) is 0 Å². The summed E-state index contributed by atoms with van der Waals surface area (Å²) in [6.45, 7) is 0. The highest BCUT2D eigenvalue weighted by Crippen LogP contribution is 2.36. The number of aromatic nitrogens is 2. The van der Waals surface area contributed by atoms with Crippen molar-refractivity contribution in [3.63, 3.8) is 0 Å². The molecule has 2 N–H and O–H groups in total. The number of aromatic hydroxyl groups is 2. The second-order valence-electron chi connectivity index (χ2n) is 7.33. The van der Waals surface area contributed by atoms with Gasteiger partial charge in [-0.1, -0.05) is 54.6 Å². The third kappa shape index (κ3) is 2.81. The minimum absolute atomic E-state index is 0.165. The quantitative estimate of drug-likeness (QED) is 0.297. The Morgan fingerprint density at radius 3 is 2.16 bits per heavy atom. The molecule has 0 aliphatic heterocycles. The third-order valence-corrected chi connectivity index (χ3v) is 5.36. The fourth-order valence-electron chi connectivity index (χ4n) is 3.87. The minimum atomic E-state index is 0.165. The molecule has 154 valence electrons. The Hall–Kier alpha value is -4.58. The number of hydrogen-bond donors (Lipinski definition) is 2. The molecule has 6 rings (SSSR count). The van der Waals surface area contributed by atoms with Crippen molar-refractivity contribution in [2.45, 2.75) is 0 Å². The lowest BCUT2D eigenvalue weighted by Gasteiger charge is -2.04. The minimum Gasteiger partial charge on any atom is -0.508 e. The molecule has 0 aliphatic carbocycles. The summed E-state index contributed by atoms with van der Waals surface area (Å²) in [6.07, 6.45) is 3.17. The van der Waals surface area contributed by atoms with Crippen molar-refractivity contribution in [1.29, 1.82) is 0 Å². The fourth-order valence-corrected chi connectivity index (χ4v) is 3.87. The van der Waals surface area contributed by atoms with Gasteiger partial charge in [0.15, 0.2) is 11.7 Å². The van der Waals surface area contributed by atoms with E-state index in [1.807, 2.05) is 54.6 Å². The summed E-state index contributed by atoms with van der Waals surface area (Å²) < 4.78 is 13.7. The Morgan fingerprint density at radius 1 is 0.688 bits per heavy atom. The SMILES string of the molecule is Oc1ccccc1-c1cccc2oc(-c3[c-][n+]4c(-c5ccccc5O)cccc4o3)nc12. The van der Waals surface area contributed by atoms with Crippen molar-refractivity contribution in [2.24, 2.45) is 0 Å². The molecule has 6 nitrogen and oxygen atoms in total. The highest BCUT2D eigenvalue weighted by Gasteiger charge is 2.18. The first-order chi connectivity index (χ1) is 15.7. The maximum absolute atomic E-state index is 10.3. The van der Waals surface area contributed by atoms with E-state index in [4.69, 9.17) is 8.83 Å². The first-order valence-corrected chi connectivity index (χ1v) is 10.0. The van der Waals surface area contributed by atoms with Crippen LogP contribution >= 0.6 is 0 Å². The van der Waals surface area contributed by atoms with Crippen LogP contribution in [0.25, 0.3) is 50.8 Å². The summed E-state index contributed by atoms with van der Waals surface area (Å²) in [6, 6.07) is 25.3. The summed E-state index contributed by atoms with van der Waals surface area (Å²) in [4.78, 5) is 4.65. The molecular weight excluding hydrogens is 404 g/mol. The van der Waals surface area contributed by atoms with Crippen LogP contribution in [-0.4, -0.2) is 15.2 Å². The van der Waals surface area contributed by atoms with E-state index < -0.39 is 0 Å². The first-order valence-electron chi connectivity index (χ1n) is 10.0. The molecule has 0 radical (unpaired) electrons. The molecule has 32 heavy (non-hydrogen) atoms. The monoisotopic (exact) mass is 420 g/mol. The number of phenols is 2. The smallest absolute Gasteiger partial charge is 0.296 e. The number of para-hydroxylation sites is 3. The van der Waals surface area contributed by atoms with Gasteiger partial charge in [0, 0.05) is 22.8 Å². The van der Waals surface area contributed by atoms with Gasteiger partial charge in [0.1, 0.15) is 28.3 Å². The molecule has 6 heteroatoms. The van der Waals surface area contributed by atoms with E-state index in [1.165, 1.54) is 0 Å². The predicted molar refractivity (Wildman–Crippen MR) is 118 cm³/mol. The van der Waals surface area contributed by atoms with Crippen LogP contribution in [0.5, 0.6) is 11.5 Å². The van der Waals surface area contributed by atoms with E-state index in [1.54, 1.807) is 34.7 Å². The number of benzene rings is 3. The summed E-state index contributed by atoms with van der Waals surface area (Å²) in [5, 5.41) is 20.6. The van der Waals surface area contributed by atoms with Crippen LogP contribution in [0.4, 0.5) is 0 Å². The van der Waals surface area contributed by atoms with Gasteiger partial charge in [-0.05, 0) is 24.3 Å². The lowest BCUT2D eigenvalue weighted by atomic mass is 10.0. The van der Waals surface area contributed by atoms with Gasteiger partial charge in [0.25, 0.3) is 5.71 Å². The van der Waals surface area contributed by atoms with Crippen LogP contribution in [0.2, 0.25) is 0 Å². The Kier molecular flexibility index (Phi) is 3.98. The van der Waals surface area contributed by atoms with Gasteiger partial charge in [0.05, 0.1) is 0 Å². The van der Waals surface area contributed by atoms with Gasteiger partial charge in [-0.25, -0.2) is 4.40 Å². The summed E-state index contributed by atoms with van der Waals surface area (Å²) in [5.74, 6) is 0.933. The first kappa shape index (κ1) is 18.2. The number of fused-ring (bicyclic) bond motifs is 2. The lowest BCUT2D eigenvalue weighted by molar-refractivity contribution is -0.505. The van der Waals surface area contributed by atoms with E-state index in [2.05, 4.69) is 11.2 Å². The van der Waals surface area contributed by atoms with Crippen molar-refractivity contribution in [3.8, 4) is 45.5 Å². The number of oxazole rings is 2. The molecule has 0 saturated heterocycles. The molecule has 0 fully saturated rings. The van der Waals surface area contributed by atoms with Crippen molar-refractivity contribution in [1.82, 2.24) is 4.98 Å². The predicted octanol–water partition coefficient (Wildman–Crippen LogP) is 5.37. The van der Waals surface area contributed by atoms with Crippen LogP contribution in [0.1, 0.15) is 0 Å². The molecule has 0 atom stereocenters. The number of rotatable bonds is 3. The molecule has 0 amide bonds. The van der Waals surface area contributed by atoms with Crippen LogP contribution < -0.4 is 4.40 Å². The van der Waals surface area contributed by atoms with Crippen molar-refractivity contribution in [2.75, 3.05) is 0 Å². The molecule has 0 saturated carbocycles. The normalized spacial score (nSPS) is 11.4. The van der Waals surface area contributed by atoms with Crippen molar-refractivity contribution >= 4 is 16.8 Å². The summed E-state index contributed by atoms with van der Waals surface area (Å²) in [7, 11) is 0. The zero-order chi connectivity index (χ0) is 21.7. The molecule has 0 aliphatic rings. The highest BCUT2D eigenvalue weighted by molar-refractivity contribution is 5.93. The van der Waals surface area contributed by atoms with Gasteiger partial charge in [0.2, 0.25) is 6.20 Å². The van der Waals surface area contributed by atoms with Gasteiger partial charge in [-0.15, -0.1) is 0 Å². The molecule has 0 unspecified atom stereocenters. The van der Waals surface area contributed by atoms with E-state index in [-0.39, 0.29) is 17.4 Å². The van der Waals surface area contributed by atoms with E-state index in [9.17, 15) is 10.2 Å². The van der Waals surface area contributed by atoms with Crippen LogP contribution in [0.15, 0.2) is 93.8 Å². The van der Waals surface area contributed by atoms with Crippen molar-refractivity contribution in [3.05, 3.63) is 91.1 Å². The zero-order valence-electron chi connectivity index (χ0n) is 16.7. The standard InChI is InChI=1S/C26H16N2O4/c29-20-11-3-1-7-16(20)17-9-5-13-22-25(17)27-26(32-22)23-15-28-19(10-6-14-24(28)31-23)18-8-2-4-12-21(18)30/h1-14,29-30H. The van der Waals surface area contributed by atoms with E-state index >= 15 is 0 Å². The maximum Gasteiger partial charge on any atom is 0.296 e. The highest BCUT2D eigenvalue weighted by atomic mass is 16.4. The molecule has 0 bridgehead atoms. The number of hydrogen-bond acceptors (Lipinski definition) is 5.